The van der Waals surface area contributed by atoms with Gasteiger partial charge in [0.1, 0.15) is 6.04 Å². The molecule has 1 N–H and O–H groups in total. The third kappa shape index (κ3) is 5.86. The lowest BCUT2D eigenvalue weighted by molar-refractivity contribution is -0.125. The second-order valence-electron chi connectivity index (χ2n) is 8.58. The fraction of sp³-hybridized carbons (Fsp3) is 0.458. The number of piperidine rings is 1. The number of carbonyl (C=O) groups is 1. The average molecular weight is 444 g/mol. The number of hydrogen-bond acceptors (Lipinski definition) is 4. The lowest BCUT2D eigenvalue weighted by atomic mass is 9.98. The van der Waals surface area contributed by atoms with Crippen LogP contribution in [0.1, 0.15) is 49.9 Å². The first kappa shape index (κ1) is 23.3. The molecule has 1 heterocycles. The minimum absolute atomic E-state index is 0.248. The summed E-state index contributed by atoms with van der Waals surface area (Å²) in [6.45, 7) is 6.36. The normalized spacial score (nSPS) is 17.4. The van der Waals surface area contributed by atoms with Crippen molar-refractivity contribution in [2.45, 2.75) is 38.8 Å². The molecule has 0 aliphatic carbocycles. The summed E-state index contributed by atoms with van der Waals surface area (Å²) in [6.07, 6.45) is 3.53. The SMILES string of the molecule is CC1CCN(c2ccc(C(C)NC(=O)C(c3ccccc3)N(C)S(C)(=O)=O)cc2)CC1. The molecule has 1 aliphatic heterocycles. The van der Waals surface area contributed by atoms with Crippen LogP contribution in [0.25, 0.3) is 0 Å². The topological polar surface area (TPSA) is 69.7 Å². The Balaban J connectivity index is 1.73. The third-order valence-electron chi connectivity index (χ3n) is 6.15. The molecule has 0 aromatic heterocycles. The van der Waals surface area contributed by atoms with Gasteiger partial charge in [-0.3, -0.25) is 4.79 Å². The minimum Gasteiger partial charge on any atom is -0.372 e. The Hall–Kier alpha value is -2.38. The molecule has 2 aromatic rings. The van der Waals surface area contributed by atoms with Gasteiger partial charge in [0.05, 0.1) is 12.3 Å². The number of nitrogens with zero attached hydrogens (tertiary/aromatic N) is 2. The van der Waals surface area contributed by atoms with Crippen LogP contribution in [0.3, 0.4) is 0 Å². The lowest BCUT2D eigenvalue weighted by Crippen LogP contribution is -2.42. The van der Waals surface area contributed by atoms with Crippen LogP contribution in [0.2, 0.25) is 0 Å². The highest BCUT2D eigenvalue weighted by atomic mass is 32.2. The monoisotopic (exact) mass is 443 g/mol. The van der Waals surface area contributed by atoms with E-state index in [0.717, 1.165) is 35.1 Å². The van der Waals surface area contributed by atoms with Crippen LogP contribution in [0.5, 0.6) is 0 Å². The summed E-state index contributed by atoms with van der Waals surface area (Å²) in [5.74, 6) is 0.439. The molecular weight excluding hydrogens is 410 g/mol. The number of hydrogen-bond donors (Lipinski definition) is 1. The third-order valence-corrected chi connectivity index (χ3v) is 7.41. The number of carbonyl (C=O) groups excluding carboxylic acids is 1. The molecule has 1 amide bonds. The van der Waals surface area contributed by atoms with Gasteiger partial charge in [-0.1, -0.05) is 49.4 Å². The number of benzene rings is 2. The molecule has 6 nitrogen and oxygen atoms in total. The number of rotatable bonds is 7. The van der Waals surface area contributed by atoms with E-state index in [-0.39, 0.29) is 11.9 Å². The maximum atomic E-state index is 13.1. The van der Waals surface area contributed by atoms with Crippen LogP contribution in [-0.4, -0.2) is 45.0 Å². The molecule has 1 aliphatic rings. The molecule has 7 heteroatoms. The molecule has 0 spiro atoms. The highest BCUT2D eigenvalue weighted by Gasteiger charge is 2.31. The summed E-state index contributed by atoms with van der Waals surface area (Å²) in [4.78, 5) is 15.5. The Morgan fingerprint density at radius 3 is 2.16 bits per heavy atom. The van der Waals surface area contributed by atoms with E-state index >= 15 is 0 Å². The van der Waals surface area contributed by atoms with Crippen LogP contribution in [-0.2, 0) is 14.8 Å². The number of amides is 1. The zero-order chi connectivity index (χ0) is 22.6. The second kappa shape index (κ2) is 9.83. The van der Waals surface area contributed by atoms with Crippen LogP contribution in [0.4, 0.5) is 5.69 Å². The Morgan fingerprint density at radius 1 is 1.03 bits per heavy atom. The van der Waals surface area contributed by atoms with Crippen molar-refractivity contribution in [1.29, 1.82) is 0 Å². The van der Waals surface area contributed by atoms with E-state index < -0.39 is 16.1 Å². The van der Waals surface area contributed by atoms with Gasteiger partial charge in [-0.25, -0.2) is 8.42 Å². The zero-order valence-electron chi connectivity index (χ0n) is 18.8. The molecule has 0 radical (unpaired) electrons. The zero-order valence-corrected chi connectivity index (χ0v) is 19.6. The van der Waals surface area contributed by atoms with Crippen molar-refractivity contribution in [3.63, 3.8) is 0 Å². The van der Waals surface area contributed by atoms with Crippen molar-refractivity contribution in [3.8, 4) is 0 Å². The number of likely N-dealkylation sites (N-methyl/N-ethyl adjacent to an activating group) is 1. The summed E-state index contributed by atoms with van der Waals surface area (Å²) in [5.41, 5.74) is 2.82. The predicted molar refractivity (Wildman–Crippen MR) is 125 cm³/mol. The molecule has 31 heavy (non-hydrogen) atoms. The molecule has 2 unspecified atom stereocenters. The van der Waals surface area contributed by atoms with Gasteiger partial charge in [-0.05, 0) is 48.9 Å². The van der Waals surface area contributed by atoms with Gasteiger partial charge < -0.3 is 10.2 Å². The summed E-state index contributed by atoms with van der Waals surface area (Å²) in [6, 6.07) is 16.1. The van der Waals surface area contributed by atoms with Crippen LogP contribution >= 0.6 is 0 Å². The summed E-state index contributed by atoms with van der Waals surface area (Å²) >= 11 is 0. The highest BCUT2D eigenvalue weighted by Crippen LogP contribution is 2.26. The van der Waals surface area contributed by atoms with E-state index in [4.69, 9.17) is 0 Å². The van der Waals surface area contributed by atoms with Crippen molar-refractivity contribution in [2.24, 2.45) is 5.92 Å². The molecule has 0 bridgehead atoms. The molecule has 0 saturated carbocycles. The van der Waals surface area contributed by atoms with Gasteiger partial charge in [0.25, 0.3) is 0 Å². The Bertz CT molecular complexity index is 969. The number of sulfonamides is 1. The molecule has 2 atom stereocenters. The fourth-order valence-corrected chi connectivity index (χ4v) is 4.57. The average Bonchev–Trinajstić information content (AvgIpc) is 2.74. The number of nitrogens with one attached hydrogen (secondary N) is 1. The Kier molecular flexibility index (Phi) is 7.38. The van der Waals surface area contributed by atoms with E-state index in [2.05, 4.69) is 29.3 Å². The van der Waals surface area contributed by atoms with Crippen molar-refractivity contribution in [3.05, 3.63) is 65.7 Å². The molecular formula is C24H33N3O3S. The number of anilines is 1. The van der Waals surface area contributed by atoms with Gasteiger partial charge in [-0.2, -0.15) is 4.31 Å². The summed E-state index contributed by atoms with van der Waals surface area (Å²) < 4.78 is 25.4. The smallest absolute Gasteiger partial charge is 0.243 e. The molecule has 3 rings (SSSR count). The van der Waals surface area contributed by atoms with Gasteiger partial charge in [0.2, 0.25) is 15.9 Å². The maximum absolute atomic E-state index is 13.1. The molecule has 1 fully saturated rings. The second-order valence-corrected chi connectivity index (χ2v) is 10.6. The van der Waals surface area contributed by atoms with Crippen LogP contribution in [0, 0.1) is 5.92 Å². The summed E-state index contributed by atoms with van der Waals surface area (Å²) in [7, 11) is -2.11. The van der Waals surface area contributed by atoms with E-state index in [9.17, 15) is 13.2 Å². The van der Waals surface area contributed by atoms with Crippen molar-refractivity contribution in [1.82, 2.24) is 9.62 Å². The van der Waals surface area contributed by atoms with Gasteiger partial charge in [0.15, 0.2) is 0 Å². The molecule has 1 saturated heterocycles. The van der Waals surface area contributed by atoms with E-state index in [1.807, 2.05) is 25.1 Å². The largest absolute Gasteiger partial charge is 0.372 e. The predicted octanol–water partition coefficient (Wildman–Crippen LogP) is 3.73. The standard InChI is InChI=1S/C24H33N3O3S/c1-18-14-16-27(17-15-18)22-12-10-20(11-13-22)19(2)25-24(28)23(26(3)31(4,29)30)21-8-6-5-7-9-21/h5-13,18-19,23H,14-17H2,1-4H3,(H,25,28). The first-order chi connectivity index (χ1) is 14.7. The van der Waals surface area contributed by atoms with Crippen molar-refractivity contribution >= 4 is 21.6 Å². The van der Waals surface area contributed by atoms with Gasteiger partial charge >= 0.3 is 0 Å². The maximum Gasteiger partial charge on any atom is 0.243 e. The molecule has 2 aromatic carbocycles. The Labute approximate surface area is 186 Å². The van der Waals surface area contributed by atoms with Crippen LogP contribution < -0.4 is 10.2 Å². The van der Waals surface area contributed by atoms with Crippen molar-refractivity contribution < 1.29 is 13.2 Å². The summed E-state index contributed by atoms with van der Waals surface area (Å²) in [5, 5.41) is 2.99. The minimum atomic E-state index is -3.55. The van der Waals surface area contributed by atoms with Crippen molar-refractivity contribution in [2.75, 3.05) is 31.3 Å². The van der Waals surface area contributed by atoms with E-state index in [0.29, 0.717) is 5.56 Å². The van der Waals surface area contributed by atoms with Gasteiger partial charge in [0, 0.05) is 25.8 Å². The first-order valence-electron chi connectivity index (χ1n) is 10.8. The fourth-order valence-electron chi connectivity index (χ4n) is 3.97. The van der Waals surface area contributed by atoms with Gasteiger partial charge in [-0.15, -0.1) is 0 Å². The van der Waals surface area contributed by atoms with E-state index in [1.165, 1.54) is 25.6 Å². The molecule has 168 valence electrons. The highest BCUT2D eigenvalue weighted by molar-refractivity contribution is 7.88. The quantitative estimate of drug-likeness (QED) is 0.708. The Morgan fingerprint density at radius 2 is 1.61 bits per heavy atom. The van der Waals surface area contributed by atoms with Crippen LogP contribution in [0.15, 0.2) is 54.6 Å². The lowest BCUT2D eigenvalue weighted by Gasteiger charge is -2.32. The first-order valence-corrected chi connectivity index (χ1v) is 12.6. The van der Waals surface area contributed by atoms with E-state index in [1.54, 1.807) is 24.3 Å².